The molecule has 1 heterocycles. The maximum absolute atomic E-state index is 12.7. The molecule has 23 heavy (non-hydrogen) atoms. The van der Waals surface area contributed by atoms with E-state index >= 15 is 0 Å². The van der Waals surface area contributed by atoms with Crippen LogP contribution in [0, 0.1) is 10.1 Å². The Balaban J connectivity index is 1.91. The standard InChI is InChI=1S/C14H11F3N2O3S/c15-14(16,17)7-18(9-1-2-9)13(20)12-6-8-5-10(19(21)22)3-4-11(8)23-12/h3-6,9H,1-2,7H2. The number of hydrogen-bond donors (Lipinski definition) is 0. The lowest BCUT2D eigenvalue weighted by Crippen LogP contribution is -2.40. The molecule has 0 atom stereocenters. The van der Waals surface area contributed by atoms with Crippen molar-refractivity contribution in [2.24, 2.45) is 0 Å². The van der Waals surface area contributed by atoms with Crippen molar-refractivity contribution in [3.8, 4) is 0 Å². The van der Waals surface area contributed by atoms with Crippen molar-refractivity contribution in [1.29, 1.82) is 0 Å². The van der Waals surface area contributed by atoms with E-state index in [1.807, 2.05) is 0 Å². The summed E-state index contributed by atoms with van der Waals surface area (Å²) in [4.78, 5) is 23.6. The molecule has 0 N–H and O–H groups in total. The van der Waals surface area contributed by atoms with Gasteiger partial charge in [0.05, 0.1) is 9.80 Å². The average Bonchev–Trinajstić information content (AvgIpc) is 3.20. The van der Waals surface area contributed by atoms with Crippen molar-refractivity contribution in [2.45, 2.75) is 25.1 Å². The highest BCUT2D eigenvalue weighted by Gasteiger charge is 2.41. The molecule has 1 fully saturated rings. The largest absolute Gasteiger partial charge is 0.406 e. The number of benzene rings is 1. The van der Waals surface area contributed by atoms with Gasteiger partial charge in [-0.2, -0.15) is 13.2 Å². The first-order valence-corrected chi connectivity index (χ1v) is 7.62. The van der Waals surface area contributed by atoms with Gasteiger partial charge in [-0.05, 0) is 25.0 Å². The van der Waals surface area contributed by atoms with Gasteiger partial charge in [-0.1, -0.05) is 0 Å². The van der Waals surface area contributed by atoms with Gasteiger partial charge in [0.15, 0.2) is 0 Å². The Morgan fingerprint density at radius 2 is 2.04 bits per heavy atom. The number of nitrogens with zero attached hydrogens (tertiary/aromatic N) is 2. The highest BCUT2D eigenvalue weighted by Crippen LogP contribution is 2.34. The van der Waals surface area contributed by atoms with Gasteiger partial charge in [0, 0.05) is 28.3 Å². The molecule has 1 aromatic carbocycles. The average molecular weight is 344 g/mol. The Bertz CT molecular complexity index is 783. The zero-order valence-corrected chi connectivity index (χ0v) is 12.5. The van der Waals surface area contributed by atoms with Gasteiger partial charge in [0.2, 0.25) is 0 Å². The fourth-order valence-corrected chi connectivity index (χ4v) is 3.34. The van der Waals surface area contributed by atoms with Gasteiger partial charge in [-0.15, -0.1) is 11.3 Å². The van der Waals surface area contributed by atoms with Crippen LogP contribution in [0.5, 0.6) is 0 Å². The SMILES string of the molecule is O=C(c1cc2cc([N+](=O)[O-])ccc2s1)N(CC(F)(F)F)C1CC1. The molecule has 0 bridgehead atoms. The van der Waals surface area contributed by atoms with Gasteiger partial charge in [-0.25, -0.2) is 0 Å². The molecule has 5 nitrogen and oxygen atoms in total. The summed E-state index contributed by atoms with van der Waals surface area (Å²) in [5.41, 5.74) is -0.122. The first-order valence-electron chi connectivity index (χ1n) is 6.80. The fourth-order valence-electron chi connectivity index (χ4n) is 2.34. The quantitative estimate of drug-likeness (QED) is 0.623. The first kappa shape index (κ1) is 15.7. The third-order valence-corrected chi connectivity index (χ3v) is 4.62. The van der Waals surface area contributed by atoms with Gasteiger partial charge in [0.25, 0.3) is 11.6 Å². The number of nitro groups is 1. The van der Waals surface area contributed by atoms with E-state index in [2.05, 4.69) is 0 Å². The van der Waals surface area contributed by atoms with Crippen LogP contribution < -0.4 is 0 Å². The van der Waals surface area contributed by atoms with Crippen molar-refractivity contribution in [2.75, 3.05) is 6.54 Å². The summed E-state index contributed by atoms with van der Waals surface area (Å²) >= 11 is 1.04. The van der Waals surface area contributed by atoms with Crippen molar-refractivity contribution in [3.63, 3.8) is 0 Å². The van der Waals surface area contributed by atoms with E-state index in [9.17, 15) is 28.1 Å². The van der Waals surface area contributed by atoms with Gasteiger partial charge >= 0.3 is 6.18 Å². The van der Waals surface area contributed by atoms with E-state index in [1.54, 1.807) is 0 Å². The minimum absolute atomic E-state index is 0.122. The number of carbonyl (C=O) groups is 1. The molecule has 1 aliphatic rings. The van der Waals surface area contributed by atoms with Crippen LogP contribution in [0.2, 0.25) is 0 Å². The van der Waals surface area contributed by atoms with Crippen LogP contribution in [-0.4, -0.2) is 34.5 Å². The molecule has 0 unspecified atom stereocenters. The van der Waals surface area contributed by atoms with E-state index in [0.717, 1.165) is 16.2 Å². The third kappa shape index (κ3) is 3.44. The number of thiophene rings is 1. The van der Waals surface area contributed by atoms with Crippen LogP contribution in [-0.2, 0) is 0 Å². The number of halogens is 3. The van der Waals surface area contributed by atoms with Crippen LogP contribution in [0.15, 0.2) is 24.3 Å². The summed E-state index contributed by atoms with van der Waals surface area (Å²) in [5.74, 6) is -0.673. The van der Waals surface area contributed by atoms with Crippen molar-refractivity contribution in [3.05, 3.63) is 39.3 Å². The molecular formula is C14H11F3N2O3S. The van der Waals surface area contributed by atoms with Crippen molar-refractivity contribution in [1.82, 2.24) is 4.90 Å². The summed E-state index contributed by atoms with van der Waals surface area (Å²) in [6.07, 6.45) is -3.32. The van der Waals surface area contributed by atoms with E-state index in [4.69, 9.17) is 0 Å². The highest BCUT2D eigenvalue weighted by molar-refractivity contribution is 7.20. The van der Waals surface area contributed by atoms with Gasteiger partial charge in [-0.3, -0.25) is 14.9 Å². The van der Waals surface area contributed by atoms with E-state index in [0.29, 0.717) is 22.9 Å². The zero-order chi connectivity index (χ0) is 16.8. The fraction of sp³-hybridized carbons (Fsp3) is 0.357. The van der Waals surface area contributed by atoms with Crippen LogP contribution >= 0.6 is 11.3 Å². The Morgan fingerprint density at radius 3 is 2.61 bits per heavy atom. The lowest BCUT2D eigenvalue weighted by Gasteiger charge is -2.23. The lowest BCUT2D eigenvalue weighted by atomic mass is 10.2. The molecule has 0 radical (unpaired) electrons. The molecule has 122 valence electrons. The predicted octanol–water partition coefficient (Wildman–Crippen LogP) is 3.98. The first-order chi connectivity index (χ1) is 10.7. The van der Waals surface area contributed by atoms with E-state index in [-0.39, 0.29) is 16.6 Å². The van der Waals surface area contributed by atoms with Crippen molar-refractivity contribution >= 4 is 33.0 Å². The number of alkyl halides is 3. The van der Waals surface area contributed by atoms with Gasteiger partial charge in [0.1, 0.15) is 6.54 Å². The molecule has 1 amide bonds. The van der Waals surface area contributed by atoms with E-state index < -0.39 is 23.6 Å². The summed E-state index contributed by atoms with van der Waals surface area (Å²) < 4.78 is 38.6. The number of fused-ring (bicyclic) bond motifs is 1. The highest BCUT2D eigenvalue weighted by atomic mass is 32.1. The van der Waals surface area contributed by atoms with Crippen LogP contribution in [0.3, 0.4) is 0 Å². The second-order valence-corrected chi connectivity index (χ2v) is 6.45. The maximum atomic E-state index is 12.7. The Kier molecular flexibility index (Phi) is 3.75. The molecule has 9 heteroatoms. The van der Waals surface area contributed by atoms with E-state index in [1.165, 1.54) is 24.3 Å². The molecule has 1 aromatic heterocycles. The summed E-state index contributed by atoms with van der Waals surface area (Å²) in [5, 5.41) is 11.2. The van der Waals surface area contributed by atoms with Crippen molar-refractivity contribution < 1.29 is 22.9 Å². The van der Waals surface area contributed by atoms with Crippen LogP contribution in [0.25, 0.3) is 10.1 Å². The second-order valence-electron chi connectivity index (χ2n) is 5.37. The molecule has 0 saturated heterocycles. The number of rotatable bonds is 4. The molecule has 0 aliphatic heterocycles. The molecular weight excluding hydrogens is 333 g/mol. The minimum Gasteiger partial charge on any atom is -0.326 e. The molecule has 2 aromatic rings. The summed E-state index contributed by atoms with van der Waals surface area (Å²) in [6.45, 7) is -1.27. The lowest BCUT2D eigenvalue weighted by molar-refractivity contribution is -0.384. The molecule has 3 rings (SSSR count). The number of nitro benzene ring substituents is 1. The van der Waals surface area contributed by atoms with Gasteiger partial charge < -0.3 is 4.90 Å². The normalized spacial score (nSPS) is 14.9. The number of amides is 1. The smallest absolute Gasteiger partial charge is 0.326 e. The Morgan fingerprint density at radius 1 is 1.35 bits per heavy atom. The maximum Gasteiger partial charge on any atom is 0.406 e. The second kappa shape index (κ2) is 5.48. The van der Waals surface area contributed by atoms with Crippen LogP contribution in [0.4, 0.5) is 18.9 Å². The molecule has 1 saturated carbocycles. The monoisotopic (exact) mass is 344 g/mol. The molecule has 0 spiro atoms. The number of non-ortho nitro benzene ring substituents is 1. The molecule has 1 aliphatic carbocycles. The minimum atomic E-state index is -4.45. The summed E-state index contributed by atoms with van der Waals surface area (Å²) in [6, 6.07) is 5.17. The summed E-state index contributed by atoms with van der Waals surface area (Å²) in [7, 11) is 0. The third-order valence-electron chi connectivity index (χ3n) is 3.52. The Labute approximate surface area is 132 Å². The zero-order valence-electron chi connectivity index (χ0n) is 11.7. The number of hydrogen-bond acceptors (Lipinski definition) is 4. The topological polar surface area (TPSA) is 63.4 Å². The number of carbonyl (C=O) groups excluding carboxylic acids is 1. The predicted molar refractivity (Wildman–Crippen MR) is 78.6 cm³/mol. The Hall–Kier alpha value is -2.16. The van der Waals surface area contributed by atoms with Crippen LogP contribution in [0.1, 0.15) is 22.5 Å².